The summed E-state index contributed by atoms with van der Waals surface area (Å²) in [5.74, 6) is -1.30. The molecule has 0 aliphatic rings. The van der Waals surface area contributed by atoms with Gasteiger partial charge in [0.1, 0.15) is 12.4 Å². The van der Waals surface area contributed by atoms with E-state index in [4.69, 9.17) is 0 Å². The van der Waals surface area contributed by atoms with Crippen molar-refractivity contribution in [2.75, 3.05) is 5.32 Å². The van der Waals surface area contributed by atoms with Crippen LogP contribution < -0.4 is 5.32 Å². The highest BCUT2D eigenvalue weighted by atomic mass is 19.4. The summed E-state index contributed by atoms with van der Waals surface area (Å²) in [6.45, 7) is 1.88. The van der Waals surface area contributed by atoms with Crippen LogP contribution in [0.25, 0.3) is 11.0 Å². The van der Waals surface area contributed by atoms with Gasteiger partial charge in [0, 0.05) is 6.07 Å². The summed E-state index contributed by atoms with van der Waals surface area (Å²) >= 11 is 0. The molecule has 0 atom stereocenters. The van der Waals surface area contributed by atoms with Gasteiger partial charge >= 0.3 is 6.18 Å². The third-order valence-electron chi connectivity index (χ3n) is 4.61. The molecule has 2 aromatic heterocycles. The zero-order chi connectivity index (χ0) is 21.3. The van der Waals surface area contributed by atoms with Crippen molar-refractivity contribution in [3.63, 3.8) is 0 Å². The number of nitrogens with one attached hydrogen (secondary N) is 1. The van der Waals surface area contributed by atoms with Crippen molar-refractivity contribution in [2.45, 2.75) is 26.2 Å². The Morgan fingerprint density at radius 1 is 1.10 bits per heavy atom. The molecule has 2 heterocycles. The molecule has 1 amide bonds. The van der Waals surface area contributed by atoms with Gasteiger partial charge in [0.2, 0.25) is 11.7 Å². The van der Waals surface area contributed by atoms with Crippen molar-refractivity contribution >= 4 is 22.8 Å². The molecule has 0 unspecified atom stereocenters. The van der Waals surface area contributed by atoms with Crippen molar-refractivity contribution < 1.29 is 18.0 Å². The fraction of sp³-hybridized carbons (Fsp3) is 0.190. The number of fused-ring (bicyclic) bond motifs is 1. The van der Waals surface area contributed by atoms with Crippen LogP contribution in [-0.2, 0) is 24.1 Å². The van der Waals surface area contributed by atoms with Crippen molar-refractivity contribution in [3.05, 3.63) is 77.7 Å². The van der Waals surface area contributed by atoms with Gasteiger partial charge in [-0.05, 0) is 24.6 Å². The largest absolute Gasteiger partial charge is 0.449 e. The van der Waals surface area contributed by atoms with Gasteiger partial charge in [-0.25, -0.2) is 9.67 Å². The van der Waals surface area contributed by atoms with Gasteiger partial charge in [0.15, 0.2) is 0 Å². The average Bonchev–Trinajstić information content (AvgIpc) is 3.26. The Hall–Kier alpha value is -3.62. The molecule has 0 spiro atoms. The van der Waals surface area contributed by atoms with Crippen LogP contribution >= 0.6 is 0 Å². The minimum atomic E-state index is -4.67. The maximum atomic E-state index is 13.4. The first kappa shape index (κ1) is 19.7. The van der Waals surface area contributed by atoms with Crippen LogP contribution in [0.5, 0.6) is 0 Å². The first-order chi connectivity index (χ1) is 14.3. The lowest BCUT2D eigenvalue weighted by Crippen LogP contribution is -2.24. The number of amides is 1. The van der Waals surface area contributed by atoms with Crippen LogP contribution in [-0.4, -0.2) is 25.2 Å². The molecule has 0 saturated carbocycles. The zero-order valence-corrected chi connectivity index (χ0v) is 16.0. The van der Waals surface area contributed by atoms with E-state index in [-0.39, 0.29) is 11.0 Å². The fourth-order valence-electron chi connectivity index (χ4n) is 3.33. The summed E-state index contributed by atoms with van der Waals surface area (Å²) in [6, 6.07) is 15.6. The molecule has 0 aliphatic heterocycles. The Morgan fingerprint density at radius 2 is 1.90 bits per heavy atom. The van der Waals surface area contributed by atoms with Gasteiger partial charge in [-0.1, -0.05) is 42.0 Å². The van der Waals surface area contributed by atoms with Gasteiger partial charge < -0.3 is 9.88 Å². The van der Waals surface area contributed by atoms with E-state index in [2.05, 4.69) is 15.4 Å². The molecule has 4 aromatic rings. The van der Waals surface area contributed by atoms with E-state index in [0.29, 0.717) is 12.4 Å². The van der Waals surface area contributed by atoms with Crippen LogP contribution in [0.15, 0.2) is 60.8 Å². The molecule has 0 fully saturated rings. The SMILES string of the molecule is Cc1cccc(Cn2nccc2NC(=O)Cn2c(C(F)(F)F)nc3ccccc32)c1. The number of carbonyl (C=O) groups is 1. The molecular formula is C21H18F3N5O. The normalized spacial score (nSPS) is 11.7. The van der Waals surface area contributed by atoms with Crippen molar-refractivity contribution in [2.24, 2.45) is 0 Å². The van der Waals surface area contributed by atoms with Crippen molar-refractivity contribution in [1.29, 1.82) is 0 Å². The summed E-state index contributed by atoms with van der Waals surface area (Å²) in [4.78, 5) is 16.2. The molecule has 4 rings (SSSR count). The third-order valence-corrected chi connectivity index (χ3v) is 4.61. The highest BCUT2D eigenvalue weighted by Gasteiger charge is 2.38. The van der Waals surface area contributed by atoms with E-state index in [1.165, 1.54) is 18.3 Å². The predicted molar refractivity (Wildman–Crippen MR) is 106 cm³/mol. The summed E-state index contributed by atoms with van der Waals surface area (Å²) in [5, 5.41) is 6.85. The number of benzene rings is 2. The zero-order valence-electron chi connectivity index (χ0n) is 16.0. The van der Waals surface area contributed by atoms with Crippen molar-refractivity contribution in [1.82, 2.24) is 19.3 Å². The van der Waals surface area contributed by atoms with Crippen LogP contribution in [0.2, 0.25) is 0 Å². The van der Waals surface area contributed by atoms with Gasteiger partial charge in [-0.3, -0.25) is 4.79 Å². The van der Waals surface area contributed by atoms with Crippen LogP contribution in [0.1, 0.15) is 17.0 Å². The number of nitrogens with zero attached hydrogens (tertiary/aromatic N) is 4. The number of rotatable bonds is 5. The maximum Gasteiger partial charge on any atom is 0.449 e. The number of alkyl halides is 3. The first-order valence-electron chi connectivity index (χ1n) is 9.21. The second-order valence-electron chi connectivity index (χ2n) is 6.92. The smallest absolute Gasteiger partial charge is 0.311 e. The van der Waals surface area contributed by atoms with E-state index < -0.39 is 24.5 Å². The Kier molecular flexibility index (Phi) is 5.03. The number of anilines is 1. The van der Waals surface area contributed by atoms with E-state index in [1.807, 2.05) is 31.2 Å². The molecule has 0 bridgehead atoms. The maximum absolute atomic E-state index is 13.4. The topological polar surface area (TPSA) is 64.7 Å². The second kappa shape index (κ2) is 7.66. The van der Waals surface area contributed by atoms with Gasteiger partial charge in [0.25, 0.3) is 0 Å². The lowest BCUT2D eigenvalue weighted by molar-refractivity contribution is -0.147. The molecule has 30 heavy (non-hydrogen) atoms. The van der Waals surface area contributed by atoms with E-state index in [1.54, 1.807) is 22.9 Å². The van der Waals surface area contributed by atoms with Gasteiger partial charge in [0.05, 0.1) is 23.8 Å². The number of imidazole rings is 1. The fourth-order valence-corrected chi connectivity index (χ4v) is 3.33. The molecule has 154 valence electrons. The van der Waals surface area contributed by atoms with Crippen LogP contribution in [0.4, 0.5) is 19.0 Å². The summed E-state index contributed by atoms with van der Waals surface area (Å²) < 4.78 is 42.7. The number of para-hydroxylation sites is 2. The summed E-state index contributed by atoms with van der Waals surface area (Å²) in [6.07, 6.45) is -3.15. The predicted octanol–water partition coefficient (Wildman–Crippen LogP) is 4.25. The summed E-state index contributed by atoms with van der Waals surface area (Å²) in [5.41, 5.74) is 2.52. The Bertz CT molecular complexity index is 1210. The molecule has 0 radical (unpaired) electrons. The quantitative estimate of drug-likeness (QED) is 0.532. The average molecular weight is 413 g/mol. The minimum absolute atomic E-state index is 0.183. The molecule has 6 nitrogen and oxygen atoms in total. The number of aryl methyl sites for hydroxylation is 1. The molecule has 2 aromatic carbocycles. The number of carbonyl (C=O) groups excluding carboxylic acids is 1. The Morgan fingerprint density at radius 3 is 2.67 bits per heavy atom. The first-order valence-corrected chi connectivity index (χ1v) is 9.21. The number of hydrogen-bond donors (Lipinski definition) is 1. The second-order valence-corrected chi connectivity index (χ2v) is 6.92. The standard InChI is InChI=1S/C21H18F3N5O/c1-14-5-4-6-15(11-14)12-29-18(9-10-25-29)27-19(30)13-28-17-8-3-2-7-16(17)26-20(28)21(22,23)24/h2-11H,12-13H2,1H3,(H,27,30). The number of halogens is 3. The van der Waals surface area contributed by atoms with E-state index in [9.17, 15) is 18.0 Å². The number of aromatic nitrogens is 4. The minimum Gasteiger partial charge on any atom is -0.311 e. The Balaban J connectivity index is 1.56. The van der Waals surface area contributed by atoms with Gasteiger partial charge in [-0.15, -0.1) is 0 Å². The monoisotopic (exact) mass is 413 g/mol. The van der Waals surface area contributed by atoms with E-state index >= 15 is 0 Å². The molecule has 0 saturated heterocycles. The molecule has 1 N–H and O–H groups in total. The summed E-state index contributed by atoms with van der Waals surface area (Å²) in [7, 11) is 0. The lowest BCUT2D eigenvalue weighted by Gasteiger charge is -2.13. The lowest BCUT2D eigenvalue weighted by atomic mass is 10.1. The van der Waals surface area contributed by atoms with Crippen LogP contribution in [0, 0.1) is 6.92 Å². The van der Waals surface area contributed by atoms with Crippen LogP contribution in [0.3, 0.4) is 0 Å². The Labute approximate surface area is 170 Å². The third kappa shape index (κ3) is 4.05. The highest BCUT2D eigenvalue weighted by Crippen LogP contribution is 2.31. The van der Waals surface area contributed by atoms with Gasteiger partial charge in [-0.2, -0.15) is 18.3 Å². The highest BCUT2D eigenvalue weighted by molar-refractivity contribution is 5.91. The number of hydrogen-bond acceptors (Lipinski definition) is 3. The molecule has 9 heteroatoms. The van der Waals surface area contributed by atoms with E-state index in [0.717, 1.165) is 15.7 Å². The molecule has 0 aliphatic carbocycles. The van der Waals surface area contributed by atoms with Crippen molar-refractivity contribution in [3.8, 4) is 0 Å². The molecular weight excluding hydrogens is 395 g/mol.